The van der Waals surface area contributed by atoms with Crippen molar-refractivity contribution >= 4 is 5.91 Å². The van der Waals surface area contributed by atoms with Crippen LogP contribution in [0.25, 0.3) is 0 Å². The first-order valence-electron chi connectivity index (χ1n) is 9.18. The molecule has 3 atom stereocenters. The quantitative estimate of drug-likeness (QED) is 0.815. The fraction of sp³-hybridized carbons (Fsp3) is 0.611. The molecular weight excluding hydrogens is 334 g/mol. The summed E-state index contributed by atoms with van der Waals surface area (Å²) < 4.78 is 4.90. The second kappa shape index (κ2) is 6.42. The van der Waals surface area contributed by atoms with Crippen molar-refractivity contribution in [2.45, 2.75) is 43.7 Å². The zero-order valence-corrected chi connectivity index (χ0v) is 15.1. The molecule has 8 nitrogen and oxygen atoms in total. The monoisotopic (exact) mass is 359 g/mol. The molecule has 0 saturated heterocycles. The van der Waals surface area contributed by atoms with Crippen molar-refractivity contribution in [1.82, 2.24) is 24.2 Å². The second-order valence-electron chi connectivity index (χ2n) is 7.56. The summed E-state index contributed by atoms with van der Waals surface area (Å²) in [6, 6.07) is 4.19. The lowest BCUT2D eigenvalue weighted by molar-refractivity contribution is 0.0907. The van der Waals surface area contributed by atoms with Gasteiger partial charge in [0.15, 0.2) is 0 Å². The lowest BCUT2D eigenvalue weighted by atomic mass is 10.0. The molecule has 2 N–H and O–H groups in total. The maximum atomic E-state index is 12.5. The Morgan fingerprint density at radius 2 is 2.12 bits per heavy atom. The van der Waals surface area contributed by atoms with Crippen LogP contribution >= 0.6 is 0 Å². The smallest absolute Gasteiger partial charge is 0.345 e. The van der Waals surface area contributed by atoms with Crippen molar-refractivity contribution in [1.29, 1.82) is 0 Å². The van der Waals surface area contributed by atoms with Gasteiger partial charge in [0.05, 0.1) is 6.10 Å². The molecule has 2 saturated carbocycles. The number of rotatable bonds is 5. The van der Waals surface area contributed by atoms with Gasteiger partial charge < -0.3 is 15.0 Å². The fourth-order valence-electron chi connectivity index (χ4n) is 4.04. The van der Waals surface area contributed by atoms with Crippen molar-refractivity contribution in [3.63, 3.8) is 0 Å². The summed E-state index contributed by atoms with van der Waals surface area (Å²) in [6.07, 6.45) is 4.96. The molecule has 2 fully saturated rings. The maximum absolute atomic E-state index is 12.5. The minimum atomic E-state index is -0.507. The van der Waals surface area contributed by atoms with Gasteiger partial charge in [-0.05, 0) is 37.8 Å². The zero-order chi connectivity index (χ0) is 18.4. The van der Waals surface area contributed by atoms with Gasteiger partial charge in [0.2, 0.25) is 0 Å². The van der Waals surface area contributed by atoms with Crippen LogP contribution in [0.1, 0.15) is 54.0 Å². The Hall–Kier alpha value is -2.35. The van der Waals surface area contributed by atoms with Crippen LogP contribution in [0.4, 0.5) is 0 Å². The summed E-state index contributed by atoms with van der Waals surface area (Å²) in [5, 5.41) is 17.7. The maximum Gasteiger partial charge on any atom is 0.345 e. The van der Waals surface area contributed by atoms with Gasteiger partial charge in [-0.2, -0.15) is 5.10 Å². The Morgan fingerprint density at radius 3 is 2.77 bits per heavy atom. The van der Waals surface area contributed by atoms with Crippen LogP contribution in [0, 0.1) is 5.92 Å². The van der Waals surface area contributed by atoms with E-state index in [1.54, 1.807) is 18.7 Å². The molecule has 0 bridgehead atoms. The average molecular weight is 359 g/mol. The van der Waals surface area contributed by atoms with Crippen LogP contribution in [0.2, 0.25) is 0 Å². The number of hydrogen-bond acceptors (Lipinski definition) is 4. The Morgan fingerprint density at radius 1 is 1.35 bits per heavy atom. The molecule has 1 amide bonds. The van der Waals surface area contributed by atoms with E-state index in [1.807, 2.05) is 22.9 Å². The van der Waals surface area contributed by atoms with E-state index in [0.717, 1.165) is 12.8 Å². The molecule has 2 aliphatic rings. The first kappa shape index (κ1) is 17.1. The van der Waals surface area contributed by atoms with Crippen LogP contribution in [-0.2, 0) is 14.1 Å². The fourth-order valence-corrected chi connectivity index (χ4v) is 4.04. The molecule has 0 unspecified atom stereocenters. The van der Waals surface area contributed by atoms with E-state index in [1.165, 1.54) is 4.68 Å². The summed E-state index contributed by atoms with van der Waals surface area (Å²) in [6.45, 7) is 0.424. The number of aryl methyl sites for hydroxylation is 1. The number of aromatic nitrogens is 4. The van der Waals surface area contributed by atoms with E-state index in [9.17, 15) is 14.7 Å². The molecule has 4 rings (SSSR count). The highest BCUT2D eigenvalue weighted by atomic mass is 16.3. The molecule has 0 spiro atoms. The predicted octanol–water partition coefficient (Wildman–Crippen LogP) is 0.540. The van der Waals surface area contributed by atoms with E-state index in [-0.39, 0.29) is 23.4 Å². The Bertz CT molecular complexity index is 876. The molecule has 8 heteroatoms. The van der Waals surface area contributed by atoms with Gasteiger partial charge in [-0.15, -0.1) is 0 Å². The van der Waals surface area contributed by atoms with Gasteiger partial charge >= 0.3 is 5.69 Å². The number of aliphatic hydroxyl groups excluding tert-OH is 1. The van der Waals surface area contributed by atoms with Crippen LogP contribution in [-0.4, -0.2) is 42.6 Å². The first-order valence-corrected chi connectivity index (χ1v) is 9.18. The van der Waals surface area contributed by atoms with E-state index in [4.69, 9.17) is 0 Å². The Labute approximate surface area is 151 Å². The van der Waals surface area contributed by atoms with Gasteiger partial charge in [0, 0.05) is 44.7 Å². The molecule has 2 aromatic rings. The van der Waals surface area contributed by atoms with Crippen molar-refractivity contribution in [2.24, 2.45) is 20.0 Å². The highest BCUT2D eigenvalue weighted by Gasteiger charge is 2.37. The number of amides is 1. The molecule has 2 aliphatic carbocycles. The predicted molar refractivity (Wildman–Crippen MR) is 95.0 cm³/mol. The molecule has 2 aromatic heterocycles. The average Bonchev–Trinajstić information content (AvgIpc) is 3.14. The van der Waals surface area contributed by atoms with Crippen LogP contribution < -0.4 is 11.0 Å². The van der Waals surface area contributed by atoms with E-state index in [0.29, 0.717) is 36.9 Å². The summed E-state index contributed by atoms with van der Waals surface area (Å²) in [7, 11) is 3.34. The standard InChI is InChI=1S/C18H25N5O3/c1-21-16(20-22(2)18(21)26)11-8-12(15(24)9-11)10-19-17(25)14-4-3-7-23(14)13-5-6-13/h3-4,7,11-13,15,24H,5-6,8-10H2,1-2H3,(H,19,25)/t11-,12+,15+/m0/s1. The SMILES string of the molecule is Cn1nc([C@H]2C[C@H](CNC(=O)c3cccn3C3CC3)[C@H](O)C2)n(C)c1=O. The number of aliphatic hydroxyl groups is 1. The van der Waals surface area contributed by atoms with E-state index < -0.39 is 6.10 Å². The van der Waals surface area contributed by atoms with Crippen molar-refractivity contribution < 1.29 is 9.90 Å². The molecule has 2 heterocycles. The van der Waals surface area contributed by atoms with Crippen LogP contribution in [0.5, 0.6) is 0 Å². The minimum absolute atomic E-state index is 0.0288. The summed E-state index contributed by atoms with van der Waals surface area (Å²) in [5.74, 6) is 0.599. The zero-order valence-electron chi connectivity index (χ0n) is 15.1. The molecule has 0 aromatic carbocycles. The Balaban J connectivity index is 1.39. The number of hydrogen-bond donors (Lipinski definition) is 2. The van der Waals surface area contributed by atoms with Gasteiger partial charge in [0.1, 0.15) is 11.5 Å². The number of carbonyl (C=O) groups is 1. The first-order chi connectivity index (χ1) is 12.5. The molecular formula is C18H25N5O3. The highest BCUT2D eigenvalue weighted by Crippen LogP contribution is 2.37. The number of nitrogens with zero attached hydrogens (tertiary/aromatic N) is 4. The van der Waals surface area contributed by atoms with Gasteiger partial charge in [-0.1, -0.05) is 0 Å². The second-order valence-corrected chi connectivity index (χ2v) is 7.56. The summed E-state index contributed by atoms with van der Waals surface area (Å²) >= 11 is 0. The number of nitrogens with one attached hydrogen (secondary N) is 1. The normalized spacial score (nSPS) is 25.6. The third-order valence-electron chi connectivity index (χ3n) is 5.66. The lowest BCUT2D eigenvalue weighted by Gasteiger charge is -2.15. The van der Waals surface area contributed by atoms with Crippen molar-refractivity contribution in [3.8, 4) is 0 Å². The highest BCUT2D eigenvalue weighted by molar-refractivity contribution is 5.92. The van der Waals surface area contributed by atoms with E-state index in [2.05, 4.69) is 10.4 Å². The third-order valence-corrected chi connectivity index (χ3v) is 5.66. The summed E-state index contributed by atoms with van der Waals surface area (Å²) in [4.78, 5) is 24.4. The summed E-state index contributed by atoms with van der Waals surface area (Å²) in [5.41, 5.74) is 0.524. The largest absolute Gasteiger partial charge is 0.393 e. The number of carbonyl (C=O) groups excluding carboxylic acids is 1. The van der Waals surface area contributed by atoms with E-state index >= 15 is 0 Å². The van der Waals surface area contributed by atoms with Gasteiger partial charge in [-0.25, -0.2) is 9.48 Å². The third kappa shape index (κ3) is 2.98. The van der Waals surface area contributed by atoms with Gasteiger partial charge in [0.25, 0.3) is 5.91 Å². The van der Waals surface area contributed by atoms with Crippen molar-refractivity contribution in [3.05, 3.63) is 40.3 Å². The van der Waals surface area contributed by atoms with Crippen molar-refractivity contribution in [2.75, 3.05) is 6.54 Å². The van der Waals surface area contributed by atoms with Gasteiger partial charge in [-0.3, -0.25) is 9.36 Å². The molecule has 140 valence electrons. The minimum Gasteiger partial charge on any atom is -0.393 e. The molecule has 26 heavy (non-hydrogen) atoms. The molecule has 0 aliphatic heterocycles. The van der Waals surface area contributed by atoms with Crippen LogP contribution in [0.3, 0.4) is 0 Å². The molecule has 0 radical (unpaired) electrons. The van der Waals surface area contributed by atoms with Crippen LogP contribution in [0.15, 0.2) is 23.1 Å². The lowest BCUT2D eigenvalue weighted by Crippen LogP contribution is -2.33. The Kier molecular flexibility index (Phi) is 4.22. The topological polar surface area (TPSA) is 94.1 Å².